The van der Waals surface area contributed by atoms with Gasteiger partial charge in [0.1, 0.15) is 6.04 Å². The van der Waals surface area contributed by atoms with Gasteiger partial charge >= 0.3 is 12.1 Å². The molecule has 0 aromatic carbocycles. The highest BCUT2D eigenvalue weighted by Gasteiger charge is 2.26. The molecular weight excluding hydrogens is 251 g/mol. The standard InChI is InChI=1S/C11H20F3NO3/c1-8(2)15-9(10(16)17-3)4-6-18-7-5-11(12,13)14/h8-9,15H,4-7H2,1-3H3. The fourth-order valence-corrected chi connectivity index (χ4v) is 1.30. The Bertz CT molecular complexity index is 244. The maximum absolute atomic E-state index is 11.8. The molecule has 1 unspecified atom stereocenters. The summed E-state index contributed by atoms with van der Waals surface area (Å²) < 4.78 is 44.9. The lowest BCUT2D eigenvalue weighted by atomic mass is 10.2. The van der Waals surface area contributed by atoms with Crippen molar-refractivity contribution in [1.82, 2.24) is 5.32 Å². The minimum atomic E-state index is -4.21. The lowest BCUT2D eigenvalue weighted by Gasteiger charge is -2.19. The summed E-state index contributed by atoms with van der Waals surface area (Å²) in [5.41, 5.74) is 0. The molecule has 0 saturated carbocycles. The molecule has 0 aliphatic carbocycles. The van der Waals surface area contributed by atoms with Crippen molar-refractivity contribution < 1.29 is 27.4 Å². The average molecular weight is 271 g/mol. The van der Waals surface area contributed by atoms with E-state index in [0.717, 1.165) is 0 Å². The third-order valence-electron chi connectivity index (χ3n) is 2.10. The zero-order chi connectivity index (χ0) is 14.2. The van der Waals surface area contributed by atoms with Gasteiger partial charge in [0.15, 0.2) is 0 Å². The number of ether oxygens (including phenoxy) is 2. The average Bonchev–Trinajstić information content (AvgIpc) is 2.24. The van der Waals surface area contributed by atoms with Crippen LogP contribution in [0.15, 0.2) is 0 Å². The minimum Gasteiger partial charge on any atom is -0.468 e. The summed E-state index contributed by atoms with van der Waals surface area (Å²) in [5.74, 6) is -0.442. The SMILES string of the molecule is COC(=O)C(CCOCCC(F)(F)F)NC(C)C. The van der Waals surface area contributed by atoms with E-state index in [4.69, 9.17) is 4.74 Å². The first-order valence-corrected chi connectivity index (χ1v) is 5.74. The van der Waals surface area contributed by atoms with Crippen LogP contribution in [-0.4, -0.2) is 44.6 Å². The van der Waals surface area contributed by atoms with Crippen molar-refractivity contribution in [2.75, 3.05) is 20.3 Å². The molecule has 0 rings (SSSR count). The van der Waals surface area contributed by atoms with Gasteiger partial charge in [-0.2, -0.15) is 13.2 Å². The fraction of sp³-hybridized carbons (Fsp3) is 0.909. The van der Waals surface area contributed by atoms with Crippen molar-refractivity contribution in [2.45, 2.75) is 44.9 Å². The van der Waals surface area contributed by atoms with E-state index < -0.39 is 24.6 Å². The van der Waals surface area contributed by atoms with Crippen LogP contribution in [0.5, 0.6) is 0 Å². The summed E-state index contributed by atoms with van der Waals surface area (Å²) in [5, 5.41) is 2.96. The van der Waals surface area contributed by atoms with Gasteiger partial charge in [0.2, 0.25) is 0 Å². The normalized spacial score (nSPS) is 13.7. The third-order valence-corrected chi connectivity index (χ3v) is 2.10. The Labute approximate surface area is 105 Å². The van der Waals surface area contributed by atoms with Crippen LogP contribution in [0.4, 0.5) is 13.2 Å². The molecule has 108 valence electrons. The van der Waals surface area contributed by atoms with Gasteiger partial charge in [0, 0.05) is 12.6 Å². The van der Waals surface area contributed by atoms with Crippen molar-refractivity contribution >= 4 is 5.97 Å². The van der Waals surface area contributed by atoms with Crippen LogP contribution in [0.25, 0.3) is 0 Å². The number of halogens is 3. The second-order valence-electron chi connectivity index (χ2n) is 4.16. The number of methoxy groups -OCH3 is 1. The number of esters is 1. The lowest BCUT2D eigenvalue weighted by molar-refractivity contribution is -0.148. The van der Waals surface area contributed by atoms with E-state index in [9.17, 15) is 18.0 Å². The van der Waals surface area contributed by atoms with Crippen LogP contribution < -0.4 is 5.32 Å². The van der Waals surface area contributed by atoms with E-state index >= 15 is 0 Å². The van der Waals surface area contributed by atoms with Gasteiger partial charge < -0.3 is 14.8 Å². The molecular formula is C11H20F3NO3. The molecule has 0 fully saturated rings. The molecule has 7 heteroatoms. The van der Waals surface area contributed by atoms with Crippen LogP contribution in [-0.2, 0) is 14.3 Å². The van der Waals surface area contributed by atoms with E-state index in [2.05, 4.69) is 10.1 Å². The molecule has 4 nitrogen and oxygen atoms in total. The number of hydrogen-bond donors (Lipinski definition) is 1. The zero-order valence-electron chi connectivity index (χ0n) is 10.8. The van der Waals surface area contributed by atoms with Crippen LogP contribution in [0.1, 0.15) is 26.7 Å². The third kappa shape index (κ3) is 9.23. The maximum Gasteiger partial charge on any atom is 0.391 e. The molecule has 0 spiro atoms. The monoisotopic (exact) mass is 271 g/mol. The Balaban J connectivity index is 3.86. The highest BCUT2D eigenvalue weighted by molar-refractivity contribution is 5.75. The van der Waals surface area contributed by atoms with Gasteiger partial charge in [0.25, 0.3) is 0 Å². The van der Waals surface area contributed by atoms with Crippen molar-refractivity contribution in [1.29, 1.82) is 0 Å². The van der Waals surface area contributed by atoms with E-state index in [0.29, 0.717) is 0 Å². The Morgan fingerprint density at radius 1 is 1.28 bits per heavy atom. The van der Waals surface area contributed by atoms with Crippen LogP contribution >= 0.6 is 0 Å². The summed E-state index contributed by atoms with van der Waals surface area (Å²) in [7, 11) is 1.27. The Kier molecular flexibility index (Phi) is 7.93. The molecule has 18 heavy (non-hydrogen) atoms. The van der Waals surface area contributed by atoms with Gasteiger partial charge in [-0.25, -0.2) is 0 Å². The molecule has 0 aromatic heterocycles. The molecule has 0 heterocycles. The van der Waals surface area contributed by atoms with Gasteiger partial charge in [-0.1, -0.05) is 13.8 Å². The quantitative estimate of drug-likeness (QED) is 0.541. The molecule has 0 aromatic rings. The minimum absolute atomic E-state index is 0.0734. The molecule has 0 amide bonds. The largest absolute Gasteiger partial charge is 0.468 e. The first kappa shape index (κ1) is 17.2. The van der Waals surface area contributed by atoms with Crippen molar-refractivity contribution in [3.63, 3.8) is 0 Å². The van der Waals surface area contributed by atoms with E-state index in [-0.39, 0.29) is 25.7 Å². The predicted molar refractivity (Wildman–Crippen MR) is 60.2 cm³/mol. The molecule has 0 saturated heterocycles. The Hall–Kier alpha value is -0.820. The second kappa shape index (κ2) is 8.31. The van der Waals surface area contributed by atoms with Crippen LogP contribution in [0.3, 0.4) is 0 Å². The topological polar surface area (TPSA) is 47.6 Å². The summed E-state index contributed by atoms with van der Waals surface area (Å²) in [6, 6.07) is -0.481. The lowest BCUT2D eigenvalue weighted by Crippen LogP contribution is -2.42. The van der Waals surface area contributed by atoms with E-state index in [1.54, 1.807) is 0 Å². The van der Waals surface area contributed by atoms with Gasteiger partial charge in [-0.3, -0.25) is 4.79 Å². The number of rotatable bonds is 8. The van der Waals surface area contributed by atoms with Gasteiger partial charge in [-0.15, -0.1) is 0 Å². The molecule has 0 aliphatic heterocycles. The first-order chi connectivity index (χ1) is 8.26. The van der Waals surface area contributed by atoms with Gasteiger partial charge in [-0.05, 0) is 6.42 Å². The number of nitrogens with one attached hydrogen (secondary N) is 1. The molecule has 1 N–H and O–H groups in total. The number of carbonyl (C=O) groups is 1. The number of carbonyl (C=O) groups excluding carboxylic acids is 1. The smallest absolute Gasteiger partial charge is 0.391 e. The van der Waals surface area contributed by atoms with Crippen molar-refractivity contribution in [3.8, 4) is 0 Å². The molecule has 1 atom stereocenters. The highest BCUT2D eigenvalue weighted by Crippen LogP contribution is 2.18. The molecule has 0 radical (unpaired) electrons. The second-order valence-corrected chi connectivity index (χ2v) is 4.16. The predicted octanol–water partition coefficient (Wildman–Crippen LogP) is 1.89. The Morgan fingerprint density at radius 3 is 2.33 bits per heavy atom. The van der Waals surface area contributed by atoms with Crippen molar-refractivity contribution in [3.05, 3.63) is 0 Å². The Morgan fingerprint density at radius 2 is 1.89 bits per heavy atom. The zero-order valence-corrected chi connectivity index (χ0v) is 10.8. The summed E-state index contributed by atoms with van der Waals surface area (Å²) >= 11 is 0. The summed E-state index contributed by atoms with van der Waals surface area (Å²) in [4.78, 5) is 11.4. The number of alkyl halides is 3. The highest BCUT2D eigenvalue weighted by atomic mass is 19.4. The summed E-state index contributed by atoms with van der Waals surface area (Å²) in [6.45, 7) is 3.41. The van der Waals surface area contributed by atoms with Crippen molar-refractivity contribution in [2.24, 2.45) is 0 Å². The first-order valence-electron chi connectivity index (χ1n) is 5.74. The summed E-state index contributed by atoms with van der Waals surface area (Å²) in [6.07, 6.45) is -4.91. The van der Waals surface area contributed by atoms with E-state index in [1.165, 1.54) is 7.11 Å². The van der Waals surface area contributed by atoms with E-state index in [1.807, 2.05) is 13.8 Å². The molecule has 0 aliphatic rings. The van der Waals surface area contributed by atoms with Crippen LogP contribution in [0, 0.1) is 0 Å². The maximum atomic E-state index is 11.8. The number of hydrogen-bond acceptors (Lipinski definition) is 4. The molecule has 0 bridgehead atoms. The fourth-order valence-electron chi connectivity index (χ4n) is 1.30. The van der Waals surface area contributed by atoms with Gasteiger partial charge in [0.05, 0.1) is 20.1 Å². The van der Waals surface area contributed by atoms with Crippen LogP contribution in [0.2, 0.25) is 0 Å².